The highest BCUT2D eigenvalue weighted by Crippen LogP contribution is 2.59. The summed E-state index contributed by atoms with van der Waals surface area (Å²) in [6, 6.07) is 13.0. The van der Waals surface area contributed by atoms with Crippen LogP contribution in [0.4, 0.5) is 14.5 Å². The van der Waals surface area contributed by atoms with Gasteiger partial charge in [-0.3, -0.25) is 38.6 Å². The number of piperidine rings is 1. The number of H-pyrrole nitrogens is 1. The van der Waals surface area contributed by atoms with E-state index >= 15 is 0 Å². The summed E-state index contributed by atoms with van der Waals surface area (Å²) < 4.78 is 46.6. The van der Waals surface area contributed by atoms with Crippen molar-refractivity contribution < 1.29 is 56.6 Å². The number of benzene rings is 3. The van der Waals surface area contributed by atoms with E-state index in [1.54, 1.807) is 19.2 Å². The molecule has 4 heterocycles. The SMILES string of the molecule is CN1CC[C@H]2CC[C@@H](C(=O)N[C@@H](CCC(N)=O)COc3cccc(Cc4ccccc4NC4CCC(=O)NC4=O)c3Cl)N2C(=O)[C@@H](NC(=O)c2cc3cc(C(F)(F)P(=O)(O)O)ccc3[nH]2)C1. The molecule has 0 bridgehead atoms. The van der Waals surface area contributed by atoms with E-state index in [0.29, 0.717) is 60.7 Å². The highest BCUT2D eigenvalue weighted by molar-refractivity contribution is 7.52. The van der Waals surface area contributed by atoms with Crippen LogP contribution in [0.2, 0.25) is 5.02 Å². The smallest absolute Gasteiger partial charge is 0.399 e. The maximum atomic E-state index is 14.5. The lowest BCUT2D eigenvalue weighted by atomic mass is 10.0. The largest absolute Gasteiger partial charge is 0.490 e. The summed E-state index contributed by atoms with van der Waals surface area (Å²) in [6.45, 7) is 0.499. The summed E-state index contributed by atoms with van der Waals surface area (Å²) in [5.74, 6) is -2.78. The van der Waals surface area contributed by atoms with Gasteiger partial charge in [-0.15, -0.1) is 0 Å². The molecule has 22 heteroatoms. The number of primary amides is 1. The van der Waals surface area contributed by atoms with Crippen molar-refractivity contribution >= 4 is 71.2 Å². The van der Waals surface area contributed by atoms with E-state index < -0.39 is 72.5 Å². The first kappa shape index (κ1) is 48.0. The number of aromatic nitrogens is 1. The van der Waals surface area contributed by atoms with E-state index in [0.717, 1.165) is 17.7 Å². The van der Waals surface area contributed by atoms with Gasteiger partial charge in [-0.25, -0.2) is 0 Å². The van der Waals surface area contributed by atoms with Crippen LogP contribution in [-0.2, 0) is 40.6 Å². The molecule has 0 saturated carbocycles. The van der Waals surface area contributed by atoms with Crippen LogP contribution in [0.5, 0.6) is 5.75 Å². The topological polar surface area (TPSA) is 266 Å². The monoisotopic (exact) mass is 954 g/mol. The molecule has 352 valence electrons. The van der Waals surface area contributed by atoms with Crippen molar-refractivity contribution in [1.29, 1.82) is 0 Å². The Morgan fingerprint density at radius 3 is 2.50 bits per heavy atom. The standard InChI is InChI=1S/C44H50ClF2N8O10P/c1-54-18-17-29-11-14-35(55(29)43(61)34(22-54)52-41(59)33-21-26-20-27(9-12-31(26)51-33)44(46,47)66(62,63)64)42(60)49-28(10-15-37(48)56)23-65-36-8-4-6-25(39(36)45)19-24-5-2-3-7-30(24)50-32-13-16-38(57)53-40(32)58/h2-9,12,20-21,28-29,32,34-35,50-51H,10-11,13-19,22-23H2,1H3,(H2,48,56)(H,49,60)(H,52,59)(H,53,57,58)(H2,62,63,64)/t28-,29+,32?,34-,35-/m0/s1. The fraction of sp³-hybridized carbons (Fsp3) is 0.409. The lowest BCUT2D eigenvalue weighted by molar-refractivity contribution is -0.143. The molecule has 3 aromatic carbocycles. The van der Waals surface area contributed by atoms with Gasteiger partial charge in [0.15, 0.2) is 0 Å². The van der Waals surface area contributed by atoms with Crippen LogP contribution in [0.1, 0.15) is 72.1 Å². The minimum atomic E-state index is -5.84. The van der Waals surface area contributed by atoms with E-state index in [1.807, 2.05) is 35.2 Å². The van der Waals surface area contributed by atoms with Crippen LogP contribution < -0.4 is 31.7 Å². The van der Waals surface area contributed by atoms with E-state index in [9.17, 15) is 51.9 Å². The molecule has 66 heavy (non-hydrogen) atoms. The summed E-state index contributed by atoms with van der Waals surface area (Å²) in [6.07, 6.45) is 2.30. The average molecular weight is 955 g/mol. The number of alkyl halides is 2. The van der Waals surface area contributed by atoms with Gasteiger partial charge in [0, 0.05) is 54.0 Å². The Balaban J connectivity index is 1.03. The molecule has 1 aromatic heterocycles. The molecule has 3 saturated heterocycles. The van der Waals surface area contributed by atoms with Crippen LogP contribution in [0, 0.1) is 0 Å². The van der Waals surface area contributed by atoms with Crippen LogP contribution in [-0.4, -0.2) is 117 Å². The van der Waals surface area contributed by atoms with E-state index in [4.69, 9.17) is 22.1 Å². The first-order chi connectivity index (χ1) is 31.3. The van der Waals surface area contributed by atoms with Crippen molar-refractivity contribution in [3.63, 3.8) is 0 Å². The molecule has 18 nitrogen and oxygen atoms in total. The number of anilines is 1. The van der Waals surface area contributed by atoms with Crippen molar-refractivity contribution in [2.24, 2.45) is 5.73 Å². The number of hydrogen-bond acceptors (Lipinski definition) is 10. The molecule has 7 rings (SSSR count). The second-order valence-electron chi connectivity index (χ2n) is 16.9. The zero-order chi connectivity index (χ0) is 47.5. The number of nitrogens with two attached hydrogens (primary N) is 1. The van der Waals surface area contributed by atoms with Gasteiger partial charge >= 0.3 is 13.3 Å². The normalized spacial score (nSPS) is 21.1. The Kier molecular flexibility index (Phi) is 14.5. The van der Waals surface area contributed by atoms with Crippen LogP contribution >= 0.6 is 19.2 Å². The molecular formula is C44H50ClF2N8O10P. The van der Waals surface area contributed by atoms with Gasteiger partial charge in [0.1, 0.15) is 36.2 Å². The van der Waals surface area contributed by atoms with E-state index in [1.165, 1.54) is 17.0 Å². The van der Waals surface area contributed by atoms with Crippen molar-refractivity contribution in [3.05, 3.63) is 94.1 Å². The highest BCUT2D eigenvalue weighted by Gasteiger charge is 2.50. The summed E-state index contributed by atoms with van der Waals surface area (Å²) in [7, 11) is -4.05. The third-order valence-corrected chi connectivity index (χ3v) is 13.5. The first-order valence-electron chi connectivity index (χ1n) is 21.3. The summed E-state index contributed by atoms with van der Waals surface area (Å²) >= 11 is 6.90. The zero-order valence-corrected chi connectivity index (χ0v) is 37.4. The quantitative estimate of drug-likeness (QED) is 0.0593. The van der Waals surface area contributed by atoms with Crippen molar-refractivity contribution in [1.82, 2.24) is 30.7 Å². The maximum Gasteiger partial charge on any atom is 0.399 e. The Bertz CT molecular complexity index is 2590. The van der Waals surface area contributed by atoms with Gasteiger partial charge in [0.2, 0.25) is 29.5 Å². The number of hydrogen-bond donors (Lipinski definition) is 8. The number of carbonyl (C=O) groups excluding carboxylic acids is 6. The third kappa shape index (κ3) is 10.8. The molecule has 1 unspecified atom stereocenters. The van der Waals surface area contributed by atoms with Crippen molar-refractivity contribution in [3.8, 4) is 5.75 Å². The lowest BCUT2D eigenvalue weighted by Gasteiger charge is -2.38. The molecule has 6 amide bonds. The number of likely N-dealkylation sites (N-methyl/N-ethyl adjacent to an activating group) is 1. The van der Waals surface area contributed by atoms with Gasteiger partial charge in [-0.05, 0) is 87.2 Å². The minimum absolute atomic E-state index is 0.0791. The number of ether oxygens (including phenoxy) is 1. The van der Waals surface area contributed by atoms with Crippen molar-refractivity contribution in [2.75, 3.05) is 32.1 Å². The first-order valence-corrected chi connectivity index (χ1v) is 23.3. The Labute approximate surface area is 382 Å². The summed E-state index contributed by atoms with van der Waals surface area (Å²) in [5.41, 5.74) is 2.47. The Morgan fingerprint density at radius 2 is 1.76 bits per heavy atom. The number of imide groups is 1. The van der Waals surface area contributed by atoms with E-state index in [2.05, 4.69) is 26.3 Å². The number of para-hydroxylation sites is 1. The number of nitrogens with one attached hydrogen (secondary N) is 5. The van der Waals surface area contributed by atoms with Crippen LogP contribution in [0.15, 0.2) is 66.7 Å². The third-order valence-electron chi connectivity index (χ3n) is 12.1. The lowest BCUT2D eigenvalue weighted by Crippen LogP contribution is -2.60. The van der Waals surface area contributed by atoms with Crippen LogP contribution in [0.3, 0.4) is 0 Å². The fourth-order valence-electron chi connectivity index (χ4n) is 8.59. The molecule has 0 spiro atoms. The number of halogens is 3. The number of nitrogens with zero attached hydrogens (tertiary/aromatic N) is 2. The Hall–Kier alpha value is -5.92. The highest BCUT2D eigenvalue weighted by atomic mass is 35.5. The Morgan fingerprint density at radius 1 is 1.00 bits per heavy atom. The summed E-state index contributed by atoms with van der Waals surface area (Å²) in [4.78, 5) is 103. The molecule has 3 fully saturated rings. The van der Waals surface area contributed by atoms with Gasteiger partial charge in [0.05, 0.1) is 11.1 Å². The van der Waals surface area contributed by atoms with E-state index in [-0.39, 0.29) is 61.0 Å². The number of aromatic amines is 1. The second kappa shape index (κ2) is 19.9. The van der Waals surface area contributed by atoms with Crippen LogP contribution in [0.25, 0.3) is 10.9 Å². The van der Waals surface area contributed by atoms with Gasteiger partial charge in [0.25, 0.3) is 5.91 Å². The molecule has 0 radical (unpaired) electrons. The van der Waals surface area contributed by atoms with Gasteiger partial charge in [-0.2, -0.15) is 8.78 Å². The van der Waals surface area contributed by atoms with Gasteiger partial charge in [-0.1, -0.05) is 48.0 Å². The molecule has 9 N–H and O–H groups in total. The predicted octanol–water partition coefficient (Wildman–Crippen LogP) is 3.48. The number of fused-ring (bicyclic) bond motifs is 2. The number of amides is 6. The molecular weight excluding hydrogens is 905 g/mol. The predicted molar refractivity (Wildman–Crippen MR) is 238 cm³/mol. The average Bonchev–Trinajstić information content (AvgIpc) is 3.90. The summed E-state index contributed by atoms with van der Waals surface area (Å²) in [5, 5.41) is 11.6. The number of rotatable bonds is 16. The van der Waals surface area contributed by atoms with Crippen molar-refractivity contribution in [2.45, 2.75) is 87.2 Å². The van der Waals surface area contributed by atoms with Gasteiger partial charge < -0.3 is 51.0 Å². The number of carbonyl (C=O) groups is 6. The second-order valence-corrected chi connectivity index (χ2v) is 18.9. The molecule has 4 aromatic rings. The fourth-order valence-corrected chi connectivity index (χ4v) is 9.31. The minimum Gasteiger partial charge on any atom is -0.490 e. The molecule has 3 aliphatic rings. The molecule has 3 aliphatic heterocycles. The molecule has 5 atom stereocenters. The zero-order valence-electron chi connectivity index (χ0n) is 35.7. The molecule has 0 aliphatic carbocycles. The maximum absolute atomic E-state index is 14.5.